The summed E-state index contributed by atoms with van der Waals surface area (Å²) >= 11 is 0. The highest BCUT2D eigenvalue weighted by Crippen LogP contribution is 2.24. The van der Waals surface area contributed by atoms with E-state index < -0.39 is 6.04 Å². The van der Waals surface area contributed by atoms with E-state index in [1.165, 1.54) is 0 Å². The third-order valence-electron chi connectivity index (χ3n) is 4.77. The molecule has 128 valence electrons. The average molecular weight is 329 g/mol. The molecule has 1 fully saturated rings. The highest BCUT2D eigenvalue weighted by molar-refractivity contribution is 6.01. The SMILES string of the molecule is C[C@H](C(=O)NCCCN1CCCC1=O)N1Cc2ccccc2C1=O. The molecule has 0 aromatic heterocycles. The Kier molecular flexibility index (Phi) is 4.83. The van der Waals surface area contributed by atoms with E-state index in [4.69, 9.17) is 0 Å². The highest BCUT2D eigenvalue weighted by atomic mass is 16.2. The number of carbonyl (C=O) groups is 3. The van der Waals surface area contributed by atoms with E-state index in [1.807, 2.05) is 23.1 Å². The summed E-state index contributed by atoms with van der Waals surface area (Å²) in [5.41, 5.74) is 1.65. The minimum absolute atomic E-state index is 0.0871. The first kappa shape index (κ1) is 16.5. The Balaban J connectivity index is 1.46. The summed E-state index contributed by atoms with van der Waals surface area (Å²) in [6, 6.07) is 6.96. The zero-order valence-corrected chi connectivity index (χ0v) is 14.0. The number of nitrogens with zero attached hydrogens (tertiary/aromatic N) is 2. The Bertz CT molecular complexity index is 659. The van der Waals surface area contributed by atoms with E-state index in [9.17, 15) is 14.4 Å². The van der Waals surface area contributed by atoms with Gasteiger partial charge in [-0.2, -0.15) is 0 Å². The molecule has 6 nitrogen and oxygen atoms in total. The molecule has 0 radical (unpaired) electrons. The van der Waals surface area contributed by atoms with Crippen molar-refractivity contribution in [3.8, 4) is 0 Å². The molecule has 0 bridgehead atoms. The number of hydrogen-bond donors (Lipinski definition) is 1. The molecule has 1 aromatic rings. The second-order valence-corrected chi connectivity index (χ2v) is 6.40. The Labute approximate surface area is 141 Å². The van der Waals surface area contributed by atoms with Crippen LogP contribution < -0.4 is 5.32 Å². The molecule has 1 aromatic carbocycles. The van der Waals surface area contributed by atoms with Gasteiger partial charge >= 0.3 is 0 Å². The van der Waals surface area contributed by atoms with Crippen LogP contribution in [0, 0.1) is 0 Å². The van der Waals surface area contributed by atoms with Gasteiger partial charge in [-0.25, -0.2) is 0 Å². The number of fused-ring (bicyclic) bond motifs is 1. The molecule has 0 spiro atoms. The minimum Gasteiger partial charge on any atom is -0.354 e. The van der Waals surface area contributed by atoms with Crippen LogP contribution in [0.4, 0.5) is 0 Å². The number of nitrogens with one attached hydrogen (secondary N) is 1. The number of hydrogen-bond acceptors (Lipinski definition) is 3. The van der Waals surface area contributed by atoms with Gasteiger partial charge in [-0.3, -0.25) is 14.4 Å². The molecule has 24 heavy (non-hydrogen) atoms. The maximum Gasteiger partial charge on any atom is 0.255 e. The van der Waals surface area contributed by atoms with E-state index in [-0.39, 0.29) is 17.7 Å². The minimum atomic E-state index is -0.502. The molecule has 3 rings (SSSR count). The fourth-order valence-corrected chi connectivity index (χ4v) is 3.30. The summed E-state index contributed by atoms with van der Waals surface area (Å²) in [5, 5.41) is 2.87. The average Bonchev–Trinajstić information content (AvgIpc) is 3.15. The third-order valence-corrected chi connectivity index (χ3v) is 4.77. The first-order valence-electron chi connectivity index (χ1n) is 8.52. The predicted molar refractivity (Wildman–Crippen MR) is 89.2 cm³/mol. The summed E-state index contributed by atoms with van der Waals surface area (Å²) in [6.45, 7) is 4.25. The molecule has 2 aliphatic heterocycles. The smallest absolute Gasteiger partial charge is 0.255 e. The van der Waals surface area contributed by atoms with Crippen LogP contribution in [0.1, 0.15) is 42.1 Å². The van der Waals surface area contributed by atoms with Crippen molar-refractivity contribution in [3.05, 3.63) is 35.4 Å². The molecule has 1 saturated heterocycles. The summed E-state index contributed by atoms with van der Waals surface area (Å²) < 4.78 is 0. The molecular weight excluding hydrogens is 306 g/mol. The van der Waals surface area contributed by atoms with Gasteiger partial charge in [-0.1, -0.05) is 18.2 Å². The molecule has 1 atom stereocenters. The van der Waals surface area contributed by atoms with Crippen LogP contribution in [0.15, 0.2) is 24.3 Å². The quantitative estimate of drug-likeness (QED) is 0.796. The molecule has 6 heteroatoms. The zero-order chi connectivity index (χ0) is 17.1. The van der Waals surface area contributed by atoms with Gasteiger partial charge in [0.05, 0.1) is 0 Å². The number of likely N-dealkylation sites (tertiary alicyclic amines) is 1. The Morgan fingerprint density at radius 3 is 2.79 bits per heavy atom. The van der Waals surface area contributed by atoms with Gasteiger partial charge in [0.1, 0.15) is 6.04 Å². The largest absolute Gasteiger partial charge is 0.354 e. The van der Waals surface area contributed by atoms with E-state index >= 15 is 0 Å². The lowest BCUT2D eigenvalue weighted by Gasteiger charge is -2.23. The Hall–Kier alpha value is -2.37. The molecule has 0 aliphatic carbocycles. The standard InChI is InChI=1S/C18H23N3O3/c1-13(21-12-14-6-2-3-7-15(14)18(21)24)17(23)19-9-5-11-20-10-4-8-16(20)22/h2-3,6-7,13H,4-5,8-12H2,1H3,(H,19,23)/t13-/m1/s1. The van der Waals surface area contributed by atoms with Gasteiger partial charge in [0.15, 0.2) is 0 Å². The van der Waals surface area contributed by atoms with Crippen molar-refractivity contribution in [1.29, 1.82) is 0 Å². The lowest BCUT2D eigenvalue weighted by atomic mass is 10.1. The topological polar surface area (TPSA) is 69.7 Å². The molecule has 0 saturated carbocycles. The van der Waals surface area contributed by atoms with Gasteiger partial charge in [0, 0.05) is 38.2 Å². The first-order valence-corrected chi connectivity index (χ1v) is 8.52. The van der Waals surface area contributed by atoms with Gasteiger partial charge in [0.25, 0.3) is 5.91 Å². The van der Waals surface area contributed by atoms with Gasteiger partial charge in [-0.05, 0) is 31.4 Å². The van der Waals surface area contributed by atoms with Gasteiger partial charge in [0.2, 0.25) is 11.8 Å². The molecule has 2 heterocycles. The molecule has 0 unspecified atom stereocenters. The highest BCUT2D eigenvalue weighted by Gasteiger charge is 2.33. The monoisotopic (exact) mass is 329 g/mol. The number of benzene rings is 1. The van der Waals surface area contributed by atoms with E-state index in [1.54, 1.807) is 17.9 Å². The number of rotatable bonds is 6. The van der Waals surface area contributed by atoms with E-state index in [0.717, 1.165) is 24.9 Å². The zero-order valence-electron chi connectivity index (χ0n) is 14.0. The van der Waals surface area contributed by atoms with Crippen LogP contribution in [-0.2, 0) is 16.1 Å². The van der Waals surface area contributed by atoms with Crippen LogP contribution in [0.2, 0.25) is 0 Å². The molecule has 2 aliphatic rings. The summed E-state index contributed by atoms with van der Waals surface area (Å²) in [5.74, 6) is -0.0325. The van der Waals surface area contributed by atoms with Crippen LogP contribution in [-0.4, -0.2) is 53.2 Å². The van der Waals surface area contributed by atoms with Gasteiger partial charge in [-0.15, -0.1) is 0 Å². The predicted octanol–water partition coefficient (Wildman–Crippen LogP) is 1.16. The van der Waals surface area contributed by atoms with Crippen molar-refractivity contribution in [3.63, 3.8) is 0 Å². The fourth-order valence-electron chi connectivity index (χ4n) is 3.30. The first-order chi connectivity index (χ1) is 11.6. The van der Waals surface area contributed by atoms with E-state index in [2.05, 4.69) is 5.32 Å². The maximum atomic E-state index is 12.4. The summed E-state index contributed by atoms with van der Waals surface area (Å²) in [6.07, 6.45) is 2.30. The lowest BCUT2D eigenvalue weighted by molar-refractivity contribution is -0.127. The number of carbonyl (C=O) groups excluding carboxylic acids is 3. The van der Waals surface area contributed by atoms with Crippen LogP contribution in [0.5, 0.6) is 0 Å². The van der Waals surface area contributed by atoms with E-state index in [0.29, 0.717) is 31.6 Å². The van der Waals surface area contributed by atoms with Crippen LogP contribution in [0.25, 0.3) is 0 Å². The van der Waals surface area contributed by atoms with Crippen molar-refractivity contribution in [2.24, 2.45) is 0 Å². The van der Waals surface area contributed by atoms with Crippen molar-refractivity contribution in [2.75, 3.05) is 19.6 Å². The molecular formula is C18H23N3O3. The van der Waals surface area contributed by atoms with Crippen LogP contribution >= 0.6 is 0 Å². The van der Waals surface area contributed by atoms with Crippen LogP contribution in [0.3, 0.4) is 0 Å². The van der Waals surface area contributed by atoms with Crippen molar-refractivity contribution < 1.29 is 14.4 Å². The second kappa shape index (κ2) is 7.03. The molecule has 1 N–H and O–H groups in total. The van der Waals surface area contributed by atoms with Crippen molar-refractivity contribution >= 4 is 17.7 Å². The third kappa shape index (κ3) is 3.27. The normalized spacial score (nSPS) is 18.0. The summed E-state index contributed by atoms with van der Waals surface area (Å²) in [7, 11) is 0. The Morgan fingerprint density at radius 2 is 2.08 bits per heavy atom. The van der Waals surface area contributed by atoms with Crippen molar-refractivity contribution in [1.82, 2.24) is 15.1 Å². The number of amides is 3. The van der Waals surface area contributed by atoms with Gasteiger partial charge < -0.3 is 15.1 Å². The summed E-state index contributed by atoms with van der Waals surface area (Å²) in [4.78, 5) is 39.7. The fraction of sp³-hybridized carbons (Fsp3) is 0.500. The Morgan fingerprint density at radius 1 is 1.29 bits per heavy atom. The maximum absolute atomic E-state index is 12.4. The lowest BCUT2D eigenvalue weighted by Crippen LogP contribution is -2.45. The molecule has 3 amide bonds. The van der Waals surface area contributed by atoms with Crippen molar-refractivity contribution in [2.45, 2.75) is 38.8 Å². The second-order valence-electron chi connectivity index (χ2n) is 6.40.